The van der Waals surface area contributed by atoms with E-state index in [0.29, 0.717) is 13.0 Å². The second kappa shape index (κ2) is 7.88. The fraction of sp³-hybridized carbons (Fsp3) is 0.500. The summed E-state index contributed by atoms with van der Waals surface area (Å²) in [5.74, 6) is 0.0472. The quantitative estimate of drug-likeness (QED) is 0.858. The molecule has 0 aliphatic rings. The van der Waals surface area contributed by atoms with Crippen LogP contribution in [0.25, 0.3) is 0 Å². The summed E-state index contributed by atoms with van der Waals surface area (Å²) in [6, 6.07) is 6.16. The molecule has 0 aromatic heterocycles. The molecule has 0 spiro atoms. The second-order valence-corrected chi connectivity index (χ2v) is 6.07. The van der Waals surface area contributed by atoms with Crippen LogP contribution in [0.2, 0.25) is 0 Å². The molecule has 1 aromatic carbocycles. The highest BCUT2D eigenvalue weighted by molar-refractivity contribution is 9.10. The topological polar surface area (TPSA) is 55.1 Å². The van der Waals surface area contributed by atoms with Crippen LogP contribution in [0.5, 0.6) is 0 Å². The summed E-state index contributed by atoms with van der Waals surface area (Å²) in [5, 5.41) is 2.93. The van der Waals surface area contributed by atoms with Crippen LogP contribution in [0.4, 0.5) is 0 Å². The van der Waals surface area contributed by atoms with Gasteiger partial charge in [0.1, 0.15) is 0 Å². The van der Waals surface area contributed by atoms with Crippen LogP contribution in [0.1, 0.15) is 31.4 Å². The molecule has 3 nitrogen and oxygen atoms in total. The molecular formula is C14H22BrClN2O. The van der Waals surface area contributed by atoms with E-state index in [1.807, 2.05) is 32.9 Å². The van der Waals surface area contributed by atoms with Gasteiger partial charge in [0.2, 0.25) is 5.91 Å². The summed E-state index contributed by atoms with van der Waals surface area (Å²) < 4.78 is 1.10. The van der Waals surface area contributed by atoms with Gasteiger partial charge in [0.15, 0.2) is 0 Å². The van der Waals surface area contributed by atoms with E-state index in [2.05, 4.69) is 27.3 Å². The number of carbonyl (C=O) groups excluding carboxylic acids is 1. The van der Waals surface area contributed by atoms with E-state index in [9.17, 15) is 4.79 Å². The molecule has 1 rings (SSSR count). The molecule has 0 saturated carbocycles. The van der Waals surface area contributed by atoms with Gasteiger partial charge >= 0.3 is 0 Å². The Morgan fingerprint density at radius 2 is 2.05 bits per heavy atom. The Hall–Kier alpha value is -0.580. The number of amides is 1. The second-order valence-electron chi connectivity index (χ2n) is 5.22. The predicted molar refractivity (Wildman–Crippen MR) is 85.7 cm³/mol. The number of carbonyl (C=O) groups is 1. The number of nitrogens with two attached hydrogens (primary N) is 1. The minimum absolute atomic E-state index is 0. The molecule has 0 fully saturated rings. The van der Waals surface area contributed by atoms with Gasteiger partial charge in [-0.1, -0.05) is 28.1 Å². The zero-order valence-electron chi connectivity index (χ0n) is 11.6. The Kier molecular flexibility index (Phi) is 7.64. The van der Waals surface area contributed by atoms with Crippen LogP contribution in [0.15, 0.2) is 22.7 Å². The van der Waals surface area contributed by atoms with E-state index in [0.717, 1.165) is 10.9 Å². The molecule has 108 valence electrons. The van der Waals surface area contributed by atoms with Crippen molar-refractivity contribution in [2.24, 2.45) is 5.73 Å². The lowest BCUT2D eigenvalue weighted by Crippen LogP contribution is -2.48. The molecule has 0 aliphatic carbocycles. The first-order chi connectivity index (χ1) is 8.34. The van der Waals surface area contributed by atoms with Crippen molar-refractivity contribution in [3.05, 3.63) is 33.8 Å². The Morgan fingerprint density at radius 1 is 1.42 bits per heavy atom. The standard InChI is InChI=1S/C14H21BrN2O.ClH/c1-10-8-11(4-6-12(10)15)5-7-13(18)17-14(2,3)9-16;/h4,6,8H,5,7,9,16H2,1-3H3,(H,17,18);1H. The number of rotatable bonds is 5. The van der Waals surface area contributed by atoms with Crippen molar-refractivity contribution in [1.82, 2.24) is 5.32 Å². The molecule has 0 bridgehead atoms. The van der Waals surface area contributed by atoms with Crippen molar-refractivity contribution >= 4 is 34.2 Å². The third kappa shape index (κ3) is 6.41. The van der Waals surface area contributed by atoms with Crippen molar-refractivity contribution < 1.29 is 4.79 Å². The average Bonchev–Trinajstić information content (AvgIpc) is 2.30. The minimum Gasteiger partial charge on any atom is -0.350 e. The lowest BCUT2D eigenvalue weighted by Gasteiger charge is -2.24. The van der Waals surface area contributed by atoms with Crippen molar-refractivity contribution in [3.63, 3.8) is 0 Å². The maximum atomic E-state index is 11.8. The molecule has 1 aromatic rings. The maximum absolute atomic E-state index is 11.8. The smallest absolute Gasteiger partial charge is 0.220 e. The van der Waals surface area contributed by atoms with Gasteiger partial charge < -0.3 is 11.1 Å². The normalized spacial score (nSPS) is 10.8. The van der Waals surface area contributed by atoms with Gasteiger partial charge in [0.25, 0.3) is 0 Å². The maximum Gasteiger partial charge on any atom is 0.220 e. The lowest BCUT2D eigenvalue weighted by molar-refractivity contribution is -0.122. The number of nitrogens with one attached hydrogen (secondary N) is 1. The highest BCUT2D eigenvalue weighted by atomic mass is 79.9. The van der Waals surface area contributed by atoms with Crippen LogP contribution in [0.3, 0.4) is 0 Å². The first-order valence-corrected chi connectivity index (χ1v) is 6.89. The first kappa shape index (κ1) is 18.4. The van der Waals surface area contributed by atoms with E-state index in [1.165, 1.54) is 11.1 Å². The number of hydrogen-bond donors (Lipinski definition) is 2. The van der Waals surface area contributed by atoms with Gasteiger partial charge in [-0.15, -0.1) is 12.4 Å². The van der Waals surface area contributed by atoms with Gasteiger partial charge in [-0.2, -0.15) is 0 Å². The zero-order chi connectivity index (χ0) is 13.8. The van der Waals surface area contributed by atoms with E-state index in [-0.39, 0.29) is 23.9 Å². The van der Waals surface area contributed by atoms with Crippen LogP contribution in [-0.2, 0) is 11.2 Å². The minimum atomic E-state index is -0.327. The Bertz CT molecular complexity index is 435. The average molecular weight is 350 g/mol. The first-order valence-electron chi connectivity index (χ1n) is 6.10. The van der Waals surface area contributed by atoms with Crippen LogP contribution in [-0.4, -0.2) is 18.0 Å². The zero-order valence-corrected chi connectivity index (χ0v) is 14.0. The molecule has 19 heavy (non-hydrogen) atoms. The number of hydrogen-bond acceptors (Lipinski definition) is 2. The SMILES string of the molecule is Cc1cc(CCC(=O)NC(C)(C)CN)ccc1Br.Cl. The van der Waals surface area contributed by atoms with Crippen LogP contribution >= 0.6 is 28.3 Å². The molecule has 5 heteroatoms. The van der Waals surface area contributed by atoms with E-state index < -0.39 is 0 Å². The molecule has 0 radical (unpaired) electrons. The highest BCUT2D eigenvalue weighted by Crippen LogP contribution is 2.17. The lowest BCUT2D eigenvalue weighted by atomic mass is 10.0. The van der Waals surface area contributed by atoms with E-state index in [1.54, 1.807) is 0 Å². The molecule has 1 amide bonds. The number of halogens is 2. The van der Waals surface area contributed by atoms with Gasteiger partial charge in [-0.3, -0.25) is 4.79 Å². The molecule has 0 heterocycles. The number of aryl methyl sites for hydroxylation is 2. The van der Waals surface area contributed by atoms with Crippen molar-refractivity contribution in [3.8, 4) is 0 Å². The summed E-state index contributed by atoms with van der Waals surface area (Å²) >= 11 is 3.47. The Morgan fingerprint density at radius 3 is 2.58 bits per heavy atom. The molecule has 3 N–H and O–H groups in total. The molecule has 0 aliphatic heterocycles. The third-order valence-electron chi connectivity index (χ3n) is 2.85. The van der Waals surface area contributed by atoms with Crippen LogP contribution in [0, 0.1) is 6.92 Å². The summed E-state index contributed by atoms with van der Waals surface area (Å²) in [6.45, 7) is 6.34. The summed E-state index contributed by atoms with van der Waals surface area (Å²) in [5.41, 5.74) is 7.62. The number of benzene rings is 1. The molecular weight excluding hydrogens is 328 g/mol. The fourth-order valence-corrected chi connectivity index (χ4v) is 1.86. The third-order valence-corrected chi connectivity index (χ3v) is 3.74. The van der Waals surface area contributed by atoms with Crippen molar-refractivity contribution in [2.75, 3.05) is 6.54 Å². The summed E-state index contributed by atoms with van der Waals surface area (Å²) in [4.78, 5) is 11.8. The fourth-order valence-electron chi connectivity index (χ4n) is 1.61. The summed E-state index contributed by atoms with van der Waals surface area (Å²) in [7, 11) is 0. The van der Waals surface area contributed by atoms with Gasteiger partial charge in [0.05, 0.1) is 0 Å². The largest absolute Gasteiger partial charge is 0.350 e. The Balaban J connectivity index is 0.00000324. The van der Waals surface area contributed by atoms with Gasteiger partial charge in [-0.25, -0.2) is 0 Å². The van der Waals surface area contributed by atoms with Crippen molar-refractivity contribution in [2.45, 2.75) is 39.2 Å². The molecule has 0 unspecified atom stereocenters. The monoisotopic (exact) mass is 348 g/mol. The van der Waals surface area contributed by atoms with E-state index in [4.69, 9.17) is 5.73 Å². The predicted octanol–water partition coefficient (Wildman–Crippen LogP) is 2.97. The Labute approximate surface area is 129 Å². The van der Waals surface area contributed by atoms with Gasteiger partial charge in [-0.05, 0) is 44.4 Å². The van der Waals surface area contributed by atoms with Crippen LogP contribution < -0.4 is 11.1 Å². The molecule has 0 saturated heterocycles. The van der Waals surface area contributed by atoms with E-state index >= 15 is 0 Å². The highest BCUT2D eigenvalue weighted by Gasteiger charge is 2.17. The summed E-state index contributed by atoms with van der Waals surface area (Å²) in [6.07, 6.45) is 1.24. The van der Waals surface area contributed by atoms with Crippen molar-refractivity contribution in [1.29, 1.82) is 0 Å². The van der Waals surface area contributed by atoms with Gasteiger partial charge in [0, 0.05) is 23.0 Å². The molecule has 0 atom stereocenters.